The molecule has 0 saturated heterocycles. The van der Waals surface area contributed by atoms with E-state index in [1.54, 1.807) is 0 Å². The van der Waals surface area contributed by atoms with E-state index < -0.39 is 28.0 Å². The summed E-state index contributed by atoms with van der Waals surface area (Å²) in [4.78, 5) is 26.7. The second-order valence-electron chi connectivity index (χ2n) is 4.42. The lowest BCUT2D eigenvalue weighted by Gasteiger charge is -2.21. The molecule has 0 aromatic heterocycles. The van der Waals surface area contributed by atoms with Crippen LogP contribution in [0.1, 0.15) is 12.0 Å². The fourth-order valence-electron chi connectivity index (χ4n) is 1.95. The Balaban J connectivity index is 2.31. The number of carbonyl (C=O) groups excluding carboxylic acids is 1. The summed E-state index contributed by atoms with van der Waals surface area (Å²) in [5.74, 6) is -1.65. The molecule has 0 fully saturated rings. The van der Waals surface area contributed by atoms with E-state index in [1.807, 2.05) is 0 Å². The molecule has 0 aliphatic carbocycles. The van der Waals surface area contributed by atoms with E-state index >= 15 is 0 Å². The van der Waals surface area contributed by atoms with E-state index in [4.69, 9.17) is 10.6 Å². The van der Waals surface area contributed by atoms with Crippen molar-refractivity contribution in [3.63, 3.8) is 0 Å². The molecule has 1 aromatic rings. The Kier molecular flexibility index (Phi) is 3.85. The largest absolute Gasteiger partial charge is 0.466 e. The second-order valence-corrected chi connectivity index (χ2v) is 4.42. The average molecular weight is 297 g/mol. The molecule has 0 bridgehead atoms. The maximum Gasteiger partial charge on any atom is 0.354 e. The maximum absolute atomic E-state index is 13.3. The van der Waals surface area contributed by atoms with Gasteiger partial charge in [0, 0.05) is 24.6 Å². The molecule has 21 heavy (non-hydrogen) atoms. The first-order valence-electron chi connectivity index (χ1n) is 5.91. The van der Waals surface area contributed by atoms with Gasteiger partial charge in [0.2, 0.25) is 5.82 Å². The first-order chi connectivity index (χ1) is 9.93. The predicted octanol–water partition coefficient (Wildman–Crippen LogP) is 0.729. The number of nitrogens with zero attached hydrogens (tertiary/aromatic N) is 2. The first-order valence-corrected chi connectivity index (χ1v) is 5.91. The summed E-state index contributed by atoms with van der Waals surface area (Å²) in [5.41, 5.74) is 3.93. The molecule has 0 radical (unpaired) electrons. The third kappa shape index (κ3) is 2.55. The van der Waals surface area contributed by atoms with Gasteiger partial charge in [0.15, 0.2) is 0 Å². The van der Waals surface area contributed by atoms with Crippen LogP contribution in [0.3, 0.4) is 0 Å². The van der Waals surface area contributed by atoms with Gasteiger partial charge in [-0.15, -0.1) is 0 Å². The molecule has 1 aliphatic rings. The Hall–Kier alpha value is -2.55. The van der Waals surface area contributed by atoms with Gasteiger partial charge < -0.3 is 15.3 Å². The number of nitrogens with two attached hydrogens (primary N) is 1. The number of hydrogen-bond donors (Lipinski definition) is 1. The van der Waals surface area contributed by atoms with Gasteiger partial charge in [0.25, 0.3) is 5.60 Å². The number of methoxy groups -OCH3 is 1. The lowest BCUT2D eigenvalue weighted by molar-refractivity contribution is -0.387. The molecule has 0 amide bonds. The van der Waals surface area contributed by atoms with Crippen LogP contribution in [0.5, 0.6) is 0 Å². The van der Waals surface area contributed by atoms with Crippen molar-refractivity contribution in [1.82, 2.24) is 0 Å². The Morgan fingerprint density at radius 3 is 2.95 bits per heavy atom. The number of carbonyl (C=O) groups is 1. The number of hydrogen-bond acceptors (Lipinski definition) is 7. The van der Waals surface area contributed by atoms with Gasteiger partial charge in [-0.3, -0.25) is 10.1 Å². The van der Waals surface area contributed by atoms with Gasteiger partial charge in [0.1, 0.15) is 0 Å². The molecule has 1 aliphatic heterocycles. The zero-order chi connectivity index (χ0) is 15.6. The average Bonchev–Trinajstić information content (AvgIpc) is 2.92. The predicted molar refractivity (Wildman–Crippen MR) is 69.1 cm³/mol. The summed E-state index contributed by atoms with van der Waals surface area (Å²) in [5, 5.41) is 14.4. The molecule has 8 nitrogen and oxygen atoms in total. The molecule has 1 aromatic carbocycles. The zero-order valence-corrected chi connectivity index (χ0v) is 11.0. The summed E-state index contributed by atoms with van der Waals surface area (Å²) in [6.45, 7) is -0.171. The van der Waals surface area contributed by atoms with Crippen molar-refractivity contribution in [3.05, 3.63) is 39.7 Å². The standard InChI is InChI=1S/C12H12FN3O5/c1-20-11(17)12(6-14)5-9(15-21-12)7-2-3-8(13)10(4-7)16(18)19/h2-4H,5-6,14H2,1H3. The van der Waals surface area contributed by atoms with Crippen LogP contribution in [-0.2, 0) is 14.4 Å². The number of nitro groups is 1. The van der Waals surface area contributed by atoms with Gasteiger partial charge >= 0.3 is 11.7 Å². The number of benzene rings is 1. The first kappa shape index (κ1) is 14.9. The van der Waals surface area contributed by atoms with E-state index in [0.29, 0.717) is 0 Å². The Morgan fingerprint density at radius 1 is 1.67 bits per heavy atom. The molecule has 0 saturated carbocycles. The maximum atomic E-state index is 13.3. The summed E-state index contributed by atoms with van der Waals surface area (Å²) in [7, 11) is 1.18. The zero-order valence-electron chi connectivity index (χ0n) is 11.0. The van der Waals surface area contributed by atoms with Crippen molar-refractivity contribution in [2.75, 3.05) is 13.7 Å². The quantitative estimate of drug-likeness (QED) is 0.497. The molecule has 1 atom stereocenters. The van der Waals surface area contributed by atoms with Crippen LogP contribution in [0.15, 0.2) is 23.4 Å². The molecule has 2 rings (SSSR count). The van der Waals surface area contributed by atoms with Crippen LogP contribution in [0.25, 0.3) is 0 Å². The van der Waals surface area contributed by atoms with Gasteiger partial charge in [-0.05, 0) is 12.1 Å². The second kappa shape index (κ2) is 5.44. The molecule has 2 N–H and O–H groups in total. The van der Waals surface area contributed by atoms with Gasteiger partial charge in [-0.25, -0.2) is 4.79 Å². The van der Waals surface area contributed by atoms with Crippen LogP contribution >= 0.6 is 0 Å². The summed E-state index contributed by atoms with van der Waals surface area (Å²) >= 11 is 0. The number of rotatable bonds is 4. The number of nitro benzene ring substituents is 1. The van der Waals surface area contributed by atoms with Crippen LogP contribution in [-0.4, -0.2) is 35.9 Å². The smallest absolute Gasteiger partial charge is 0.354 e. The Labute approximate surface area is 118 Å². The molecule has 9 heteroatoms. The lowest BCUT2D eigenvalue weighted by atomic mass is 9.94. The van der Waals surface area contributed by atoms with Gasteiger partial charge in [0.05, 0.1) is 17.7 Å². The molecular weight excluding hydrogens is 285 g/mol. The highest BCUT2D eigenvalue weighted by Crippen LogP contribution is 2.29. The van der Waals surface area contributed by atoms with Crippen LogP contribution in [0.4, 0.5) is 10.1 Å². The van der Waals surface area contributed by atoms with Crippen molar-refractivity contribution in [2.24, 2.45) is 10.9 Å². The lowest BCUT2D eigenvalue weighted by Crippen LogP contribution is -2.46. The third-order valence-corrected chi connectivity index (χ3v) is 3.15. The van der Waals surface area contributed by atoms with Crippen molar-refractivity contribution in [1.29, 1.82) is 0 Å². The molecular formula is C12H12FN3O5. The van der Waals surface area contributed by atoms with Gasteiger partial charge in [-0.1, -0.05) is 5.16 Å². The SMILES string of the molecule is COC(=O)C1(CN)CC(c2ccc(F)c([N+](=O)[O-])c2)=NO1. The minimum Gasteiger partial charge on any atom is -0.466 e. The highest BCUT2D eigenvalue weighted by atomic mass is 19.1. The van der Waals surface area contributed by atoms with E-state index in [1.165, 1.54) is 13.2 Å². The fourth-order valence-corrected chi connectivity index (χ4v) is 1.95. The van der Waals surface area contributed by atoms with Gasteiger partial charge in [-0.2, -0.15) is 4.39 Å². The van der Waals surface area contributed by atoms with Crippen LogP contribution in [0.2, 0.25) is 0 Å². The summed E-state index contributed by atoms with van der Waals surface area (Å²) in [6, 6.07) is 3.30. The number of ether oxygens (including phenoxy) is 1. The highest BCUT2D eigenvalue weighted by molar-refractivity contribution is 6.05. The monoisotopic (exact) mass is 297 g/mol. The van der Waals surface area contributed by atoms with E-state index in [2.05, 4.69) is 9.89 Å². The van der Waals surface area contributed by atoms with E-state index in [0.717, 1.165) is 12.1 Å². The Bertz CT molecular complexity index is 633. The Morgan fingerprint density at radius 2 is 2.38 bits per heavy atom. The fraction of sp³-hybridized carbons (Fsp3) is 0.333. The van der Waals surface area contributed by atoms with Crippen molar-refractivity contribution in [2.45, 2.75) is 12.0 Å². The molecule has 1 unspecified atom stereocenters. The summed E-state index contributed by atoms with van der Waals surface area (Å²) in [6.07, 6.45) is -0.0149. The van der Waals surface area contributed by atoms with Crippen molar-refractivity contribution >= 4 is 17.4 Å². The van der Waals surface area contributed by atoms with E-state index in [9.17, 15) is 19.3 Å². The number of halogens is 1. The minimum absolute atomic E-state index is 0.0149. The van der Waals surface area contributed by atoms with Crippen molar-refractivity contribution < 1.29 is 23.7 Å². The van der Waals surface area contributed by atoms with Crippen molar-refractivity contribution in [3.8, 4) is 0 Å². The normalized spacial score (nSPS) is 20.6. The number of oxime groups is 1. The van der Waals surface area contributed by atoms with Crippen LogP contribution in [0, 0.1) is 15.9 Å². The third-order valence-electron chi connectivity index (χ3n) is 3.15. The van der Waals surface area contributed by atoms with Crippen LogP contribution < -0.4 is 5.73 Å². The molecule has 0 spiro atoms. The topological polar surface area (TPSA) is 117 Å². The molecule has 112 valence electrons. The van der Waals surface area contributed by atoms with E-state index in [-0.39, 0.29) is 24.2 Å². The minimum atomic E-state index is -1.45. The summed E-state index contributed by atoms with van der Waals surface area (Å²) < 4.78 is 17.9. The highest BCUT2D eigenvalue weighted by Gasteiger charge is 2.47. The number of esters is 1. The molecule has 1 heterocycles.